The summed E-state index contributed by atoms with van der Waals surface area (Å²) in [5.41, 5.74) is 3.65. The molecule has 0 aliphatic heterocycles. The average molecular weight is 255 g/mol. The Balaban J connectivity index is 2.20. The summed E-state index contributed by atoms with van der Waals surface area (Å²) in [5, 5.41) is 9.56. The number of hydrogen-bond acceptors (Lipinski definition) is 2. The number of rotatable bonds is 4. The van der Waals surface area contributed by atoms with E-state index in [2.05, 4.69) is 50.1 Å². The number of aryl methyl sites for hydroxylation is 1. The lowest BCUT2D eigenvalue weighted by Crippen LogP contribution is -2.21. The zero-order valence-corrected chi connectivity index (χ0v) is 11.8. The number of hydrogen-bond donors (Lipinski definition) is 1. The Bertz CT molecular complexity index is 533. The molecule has 0 aromatic heterocycles. The van der Waals surface area contributed by atoms with Crippen LogP contribution < -0.4 is 4.90 Å². The Labute approximate surface area is 115 Å². The van der Waals surface area contributed by atoms with E-state index in [9.17, 15) is 5.11 Å². The zero-order valence-electron chi connectivity index (χ0n) is 11.8. The summed E-state index contributed by atoms with van der Waals surface area (Å²) in [6.45, 7) is 4.30. The highest BCUT2D eigenvalue weighted by Gasteiger charge is 2.12. The lowest BCUT2D eigenvalue weighted by Gasteiger charge is -2.27. The number of phenolic OH excluding ortho intramolecular Hbond substituents is 1. The van der Waals surface area contributed by atoms with Crippen molar-refractivity contribution in [2.45, 2.75) is 26.3 Å². The molecule has 1 atom stereocenters. The second-order valence-electron chi connectivity index (χ2n) is 4.90. The molecule has 0 saturated carbocycles. The first-order chi connectivity index (χ1) is 9.11. The fourth-order valence-corrected chi connectivity index (χ4v) is 2.20. The van der Waals surface area contributed by atoms with Crippen LogP contribution in [0.4, 0.5) is 5.69 Å². The fourth-order valence-electron chi connectivity index (χ4n) is 2.20. The molecule has 0 radical (unpaired) electrons. The minimum atomic E-state index is 0.222. The van der Waals surface area contributed by atoms with Crippen molar-refractivity contribution in [1.82, 2.24) is 0 Å². The summed E-state index contributed by atoms with van der Waals surface area (Å²) in [7, 11) is 2.08. The topological polar surface area (TPSA) is 23.5 Å². The molecule has 19 heavy (non-hydrogen) atoms. The second-order valence-corrected chi connectivity index (χ2v) is 4.90. The summed E-state index contributed by atoms with van der Waals surface area (Å²) in [4.78, 5) is 2.22. The van der Waals surface area contributed by atoms with E-state index in [1.807, 2.05) is 18.2 Å². The van der Waals surface area contributed by atoms with Gasteiger partial charge in [-0.05, 0) is 48.7 Å². The molecule has 2 heteroatoms. The predicted molar refractivity (Wildman–Crippen MR) is 80.7 cm³/mol. The van der Waals surface area contributed by atoms with Crippen LogP contribution in [-0.2, 0) is 6.42 Å². The first-order valence-corrected chi connectivity index (χ1v) is 6.72. The van der Waals surface area contributed by atoms with Crippen molar-refractivity contribution in [2.75, 3.05) is 11.9 Å². The van der Waals surface area contributed by atoms with Gasteiger partial charge < -0.3 is 10.0 Å². The van der Waals surface area contributed by atoms with E-state index in [0.717, 1.165) is 12.0 Å². The van der Waals surface area contributed by atoms with Gasteiger partial charge in [-0.2, -0.15) is 0 Å². The predicted octanol–water partition coefficient (Wildman–Crippen LogP) is 4.15. The summed E-state index contributed by atoms with van der Waals surface area (Å²) >= 11 is 0. The standard InChI is InChI=1S/C17H21NO/c1-4-14-8-10-16(11-9-14)18(3)13(2)15-6-5-7-17(19)12-15/h5-13,19H,4H2,1-3H3. The van der Waals surface area contributed by atoms with Gasteiger partial charge in [0, 0.05) is 12.7 Å². The molecule has 2 aromatic carbocycles. The van der Waals surface area contributed by atoms with Crippen LogP contribution in [0.2, 0.25) is 0 Å². The van der Waals surface area contributed by atoms with Crippen molar-refractivity contribution in [3.8, 4) is 5.75 Å². The van der Waals surface area contributed by atoms with Gasteiger partial charge in [-0.15, -0.1) is 0 Å². The molecular formula is C17H21NO. The van der Waals surface area contributed by atoms with Crippen LogP contribution in [-0.4, -0.2) is 12.2 Å². The molecule has 2 nitrogen and oxygen atoms in total. The van der Waals surface area contributed by atoms with Gasteiger partial charge in [0.05, 0.1) is 6.04 Å². The summed E-state index contributed by atoms with van der Waals surface area (Å²) in [6.07, 6.45) is 1.06. The van der Waals surface area contributed by atoms with Crippen LogP contribution in [0, 0.1) is 0 Å². The smallest absolute Gasteiger partial charge is 0.115 e. The molecule has 0 spiro atoms. The van der Waals surface area contributed by atoms with Crippen LogP contribution in [0.5, 0.6) is 5.75 Å². The molecule has 2 rings (SSSR count). The molecule has 1 unspecified atom stereocenters. The van der Waals surface area contributed by atoms with E-state index in [-0.39, 0.29) is 6.04 Å². The highest BCUT2D eigenvalue weighted by Crippen LogP contribution is 2.27. The van der Waals surface area contributed by atoms with E-state index in [4.69, 9.17) is 0 Å². The van der Waals surface area contributed by atoms with Crippen molar-refractivity contribution in [2.24, 2.45) is 0 Å². The van der Waals surface area contributed by atoms with Crippen molar-refractivity contribution in [1.29, 1.82) is 0 Å². The Kier molecular flexibility index (Phi) is 4.10. The second kappa shape index (κ2) is 5.79. The monoisotopic (exact) mass is 255 g/mol. The summed E-state index contributed by atoms with van der Waals surface area (Å²) in [6, 6.07) is 16.3. The van der Waals surface area contributed by atoms with Gasteiger partial charge in [0.15, 0.2) is 0 Å². The fraction of sp³-hybridized carbons (Fsp3) is 0.294. The van der Waals surface area contributed by atoms with E-state index in [1.54, 1.807) is 6.07 Å². The first kappa shape index (κ1) is 13.5. The Morgan fingerprint density at radius 2 is 1.79 bits per heavy atom. The first-order valence-electron chi connectivity index (χ1n) is 6.72. The highest BCUT2D eigenvalue weighted by atomic mass is 16.3. The Morgan fingerprint density at radius 1 is 1.11 bits per heavy atom. The maximum Gasteiger partial charge on any atom is 0.115 e. The maximum atomic E-state index is 9.56. The van der Waals surface area contributed by atoms with Crippen molar-refractivity contribution in [3.63, 3.8) is 0 Å². The number of aromatic hydroxyl groups is 1. The number of nitrogens with zero attached hydrogens (tertiary/aromatic N) is 1. The largest absolute Gasteiger partial charge is 0.508 e. The van der Waals surface area contributed by atoms with E-state index >= 15 is 0 Å². The average Bonchev–Trinajstić information content (AvgIpc) is 2.46. The highest BCUT2D eigenvalue weighted by molar-refractivity contribution is 5.49. The van der Waals surface area contributed by atoms with E-state index in [1.165, 1.54) is 11.3 Å². The molecule has 0 aliphatic carbocycles. The van der Waals surface area contributed by atoms with E-state index in [0.29, 0.717) is 5.75 Å². The van der Waals surface area contributed by atoms with Gasteiger partial charge in [-0.25, -0.2) is 0 Å². The lowest BCUT2D eigenvalue weighted by molar-refractivity contribution is 0.474. The molecule has 2 aromatic rings. The SMILES string of the molecule is CCc1ccc(N(C)C(C)c2cccc(O)c2)cc1. The zero-order chi connectivity index (χ0) is 13.8. The van der Waals surface area contributed by atoms with Gasteiger partial charge in [0.1, 0.15) is 5.75 Å². The van der Waals surface area contributed by atoms with Crippen molar-refractivity contribution >= 4 is 5.69 Å². The molecular weight excluding hydrogens is 234 g/mol. The van der Waals surface area contributed by atoms with Crippen LogP contribution in [0.3, 0.4) is 0 Å². The van der Waals surface area contributed by atoms with Gasteiger partial charge in [-0.1, -0.05) is 31.2 Å². The maximum absolute atomic E-state index is 9.56. The Morgan fingerprint density at radius 3 is 2.37 bits per heavy atom. The molecule has 0 fully saturated rings. The van der Waals surface area contributed by atoms with Crippen molar-refractivity contribution in [3.05, 3.63) is 59.7 Å². The van der Waals surface area contributed by atoms with Crippen LogP contribution in [0.1, 0.15) is 31.0 Å². The number of anilines is 1. The number of phenols is 1. The number of benzene rings is 2. The van der Waals surface area contributed by atoms with Crippen molar-refractivity contribution < 1.29 is 5.11 Å². The minimum absolute atomic E-state index is 0.222. The third-order valence-electron chi connectivity index (χ3n) is 3.69. The van der Waals surface area contributed by atoms with Crippen LogP contribution in [0.25, 0.3) is 0 Å². The van der Waals surface area contributed by atoms with Crippen LogP contribution in [0.15, 0.2) is 48.5 Å². The van der Waals surface area contributed by atoms with Gasteiger partial charge in [0.2, 0.25) is 0 Å². The third kappa shape index (κ3) is 3.08. The molecule has 0 aliphatic rings. The quantitative estimate of drug-likeness (QED) is 0.887. The van der Waals surface area contributed by atoms with Gasteiger partial charge >= 0.3 is 0 Å². The normalized spacial score (nSPS) is 12.2. The molecule has 100 valence electrons. The molecule has 0 bridgehead atoms. The van der Waals surface area contributed by atoms with E-state index < -0.39 is 0 Å². The van der Waals surface area contributed by atoms with Gasteiger partial charge in [-0.3, -0.25) is 0 Å². The van der Waals surface area contributed by atoms with Gasteiger partial charge in [0.25, 0.3) is 0 Å². The molecule has 0 heterocycles. The molecule has 1 N–H and O–H groups in total. The Hall–Kier alpha value is -1.96. The minimum Gasteiger partial charge on any atom is -0.508 e. The van der Waals surface area contributed by atoms with Crippen LogP contribution >= 0.6 is 0 Å². The lowest BCUT2D eigenvalue weighted by atomic mass is 10.1. The summed E-state index contributed by atoms with van der Waals surface area (Å²) in [5.74, 6) is 0.319. The molecule has 0 amide bonds. The summed E-state index contributed by atoms with van der Waals surface area (Å²) < 4.78 is 0. The molecule has 0 saturated heterocycles. The third-order valence-corrected chi connectivity index (χ3v) is 3.69.